The number of hydrogen-bond donors (Lipinski definition) is 2. The van der Waals surface area contributed by atoms with Gasteiger partial charge in [0.05, 0.1) is 13.0 Å². The maximum Gasteiger partial charge on any atom is 0.255 e. The molecule has 174 valence electrons. The molecule has 2 N–H and O–H groups in total. The lowest BCUT2D eigenvalue weighted by molar-refractivity contribution is -0.122. The molecule has 1 aliphatic heterocycles. The normalized spacial score (nSPS) is 15.2. The van der Waals surface area contributed by atoms with Crippen molar-refractivity contribution in [3.63, 3.8) is 0 Å². The van der Waals surface area contributed by atoms with Gasteiger partial charge in [0.15, 0.2) is 0 Å². The zero-order valence-corrected chi connectivity index (χ0v) is 19.2. The number of carbonyl (C=O) groups is 3. The Bertz CT molecular complexity index is 1190. The SMILES string of the molecule is CCc1ccccc1N1C[C@H](C(=O)Nc2ccc(C(=O)Nc3ccc(OC)cc3)cc2)CC1=O. The van der Waals surface area contributed by atoms with E-state index >= 15 is 0 Å². The van der Waals surface area contributed by atoms with Crippen LogP contribution < -0.4 is 20.3 Å². The van der Waals surface area contributed by atoms with Crippen LogP contribution in [-0.2, 0) is 16.0 Å². The van der Waals surface area contributed by atoms with Crippen LogP contribution in [0.4, 0.5) is 17.1 Å². The molecule has 1 fully saturated rings. The molecule has 3 amide bonds. The second-order valence-corrected chi connectivity index (χ2v) is 8.14. The lowest BCUT2D eigenvalue weighted by Crippen LogP contribution is -2.28. The maximum atomic E-state index is 12.8. The number of para-hydroxylation sites is 1. The van der Waals surface area contributed by atoms with Crippen LogP contribution in [0.2, 0.25) is 0 Å². The molecule has 0 aliphatic carbocycles. The van der Waals surface area contributed by atoms with E-state index in [1.165, 1.54) is 0 Å². The van der Waals surface area contributed by atoms with E-state index in [4.69, 9.17) is 4.74 Å². The average Bonchev–Trinajstić information content (AvgIpc) is 3.26. The van der Waals surface area contributed by atoms with E-state index < -0.39 is 5.92 Å². The minimum atomic E-state index is -0.435. The summed E-state index contributed by atoms with van der Waals surface area (Å²) in [4.78, 5) is 39.6. The summed E-state index contributed by atoms with van der Waals surface area (Å²) in [6.07, 6.45) is 0.988. The van der Waals surface area contributed by atoms with Gasteiger partial charge in [0.25, 0.3) is 5.91 Å². The summed E-state index contributed by atoms with van der Waals surface area (Å²) in [5.74, 6) is -0.239. The van der Waals surface area contributed by atoms with Gasteiger partial charge >= 0.3 is 0 Å². The van der Waals surface area contributed by atoms with Crippen molar-refractivity contribution in [1.82, 2.24) is 0 Å². The van der Waals surface area contributed by atoms with E-state index in [0.29, 0.717) is 29.2 Å². The van der Waals surface area contributed by atoms with Gasteiger partial charge in [0.1, 0.15) is 5.75 Å². The molecule has 4 rings (SSSR count). The third kappa shape index (κ3) is 5.09. The molecule has 3 aromatic carbocycles. The van der Waals surface area contributed by atoms with Crippen molar-refractivity contribution in [2.75, 3.05) is 29.2 Å². The Morgan fingerprint density at radius 2 is 1.59 bits per heavy atom. The van der Waals surface area contributed by atoms with Crippen LogP contribution >= 0.6 is 0 Å². The number of ether oxygens (including phenoxy) is 1. The first-order valence-electron chi connectivity index (χ1n) is 11.2. The summed E-state index contributed by atoms with van der Waals surface area (Å²) in [6.45, 7) is 2.40. The minimum Gasteiger partial charge on any atom is -0.497 e. The standard InChI is InChI=1S/C27H27N3O4/c1-3-18-6-4-5-7-24(18)30-17-20(16-25(30)31)27(33)29-21-10-8-19(9-11-21)26(32)28-22-12-14-23(34-2)15-13-22/h4-15,20H,3,16-17H2,1-2H3,(H,28,32)(H,29,33)/t20-/m1/s1. The number of carbonyl (C=O) groups excluding carboxylic acids is 3. The van der Waals surface area contributed by atoms with Gasteiger partial charge in [-0.1, -0.05) is 25.1 Å². The number of aryl methyl sites for hydroxylation is 1. The van der Waals surface area contributed by atoms with Crippen LogP contribution in [0.15, 0.2) is 72.8 Å². The molecule has 7 heteroatoms. The molecule has 1 atom stereocenters. The van der Waals surface area contributed by atoms with E-state index in [-0.39, 0.29) is 24.1 Å². The molecule has 0 bridgehead atoms. The Morgan fingerprint density at radius 3 is 2.26 bits per heavy atom. The molecule has 1 saturated heterocycles. The highest BCUT2D eigenvalue weighted by Crippen LogP contribution is 2.29. The Morgan fingerprint density at radius 1 is 0.941 bits per heavy atom. The Kier molecular flexibility index (Phi) is 6.92. The van der Waals surface area contributed by atoms with Crippen LogP contribution in [0.3, 0.4) is 0 Å². The van der Waals surface area contributed by atoms with E-state index in [0.717, 1.165) is 17.7 Å². The molecule has 3 aromatic rings. The third-order valence-corrected chi connectivity index (χ3v) is 5.92. The van der Waals surface area contributed by atoms with Gasteiger partial charge in [0, 0.05) is 35.6 Å². The Hall–Kier alpha value is -4.13. The molecule has 0 radical (unpaired) electrons. The average molecular weight is 458 g/mol. The van der Waals surface area contributed by atoms with Gasteiger partial charge in [0.2, 0.25) is 11.8 Å². The molecule has 34 heavy (non-hydrogen) atoms. The van der Waals surface area contributed by atoms with Gasteiger partial charge in [-0.15, -0.1) is 0 Å². The lowest BCUT2D eigenvalue weighted by Gasteiger charge is -2.20. The number of anilines is 3. The molecule has 0 saturated carbocycles. The fraction of sp³-hybridized carbons (Fsp3) is 0.222. The molecule has 1 aliphatic rings. The summed E-state index contributed by atoms with van der Waals surface area (Å²) < 4.78 is 5.12. The zero-order valence-electron chi connectivity index (χ0n) is 19.2. The summed E-state index contributed by atoms with van der Waals surface area (Å²) in [5, 5.41) is 5.69. The van der Waals surface area contributed by atoms with E-state index in [1.807, 2.05) is 31.2 Å². The van der Waals surface area contributed by atoms with Gasteiger partial charge < -0.3 is 20.3 Å². The van der Waals surface area contributed by atoms with Crippen LogP contribution in [0.1, 0.15) is 29.3 Å². The first kappa shape index (κ1) is 23.0. The van der Waals surface area contributed by atoms with Crippen molar-refractivity contribution in [2.45, 2.75) is 19.8 Å². The molecular weight excluding hydrogens is 430 g/mol. The van der Waals surface area contributed by atoms with Crippen molar-refractivity contribution in [3.05, 3.63) is 83.9 Å². The predicted molar refractivity (Wildman–Crippen MR) is 132 cm³/mol. The van der Waals surface area contributed by atoms with Gasteiger partial charge in [-0.05, 0) is 66.6 Å². The van der Waals surface area contributed by atoms with Crippen molar-refractivity contribution in [1.29, 1.82) is 0 Å². The summed E-state index contributed by atoms with van der Waals surface area (Å²) in [6, 6.07) is 21.5. The van der Waals surface area contributed by atoms with Gasteiger partial charge in [-0.2, -0.15) is 0 Å². The molecule has 0 aromatic heterocycles. The number of nitrogens with one attached hydrogen (secondary N) is 2. The molecule has 1 heterocycles. The zero-order chi connectivity index (χ0) is 24.1. The van der Waals surface area contributed by atoms with E-state index in [2.05, 4.69) is 10.6 Å². The molecule has 0 unspecified atom stereocenters. The summed E-state index contributed by atoms with van der Waals surface area (Å²) >= 11 is 0. The Labute approximate surface area is 198 Å². The highest BCUT2D eigenvalue weighted by molar-refractivity contribution is 6.06. The monoisotopic (exact) mass is 457 g/mol. The van der Waals surface area contributed by atoms with Crippen LogP contribution in [0, 0.1) is 5.92 Å². The topological polar surface area (TPSA) is 87.7 Å². The third-order valence-electron chi connectivity index (χ3n) is 5.92. The van der Waals surface area contributed by atoms with Gasteiger partial charge in [-0.3, -0.25) is 14.4 Å². The fourth-order valence-electron chi connectivity index (χ4n) is 4.02. The first-order chi connectivity index (χ1) is 16.5. The van der Waals surface area contributed by atoms with Crippen LogP contribution in [0.5, 0.6) is 5.75 Å². The Balaban J connectivity index is 1.36. The number of amides is 3. The highest BCUT2D eigenvalue weighted by Gasteiger charge is 2.35. The quantitative estimate of drug-likeness (QED) is 0.547. The highest BCUT2D eigenvalue weighted by atomic mass is 16.5. The maximum absolute atomic E-state index is 12.8. The van der Waals surface area contributed by atoms with Gasteiger partial charge in [-0.25, -0.2) is 0 Å². The van der Waals surface area contributed by atoms with E-state index in [1.54, 1.807) is 60.5 Å². The first-order valence-corrected chi connectivity index (χ1v) is 11.2. The summed E-state index contributed by atoms with van der Waals surface area (Å²) in [7, 11) is 1.58. The van der Waals surface area contributed by atoms with Crippen molar-refractivity contribution in [3.8, 4) is 5.75 Å². The molecular formula is C27H27N3O4. The van der Waals surface area contributed by atoms with Crippen LogP contribution in [-0.4, -0.2) is 31.4 Å². The largest absolute Gasteiger partial charge is 0.497 e. The molecule has 0 spiro atoms. The number of hydrogen-bond acceptors (Lipinski definition) is 4. The van der Waals surface area contributed by atoms with Crippen molar-refractivity contribution in [2.24, 2.45) is 5.92 Å². The second kappa shape index (κ2) is 10.2. The summed E-state index contributed by atoms with van der Waals surface area (Å²) in [5.41, 5.74) is 3.65. The van der Waals surface area contributed by atoms with E-state index in [9.17, 15) is 14.4 Å². The van der Waals surface area contributed by atoms with Crippen molar-refractivity contribution < 1.29 is 19.1 Å². The lowest BCUT2D eigenvalue weighted by atomic mass is 10.1. The second-order valence-electron chi connectivity index (χ2n) is 8.14. The number of benzene rings is 3. The minimum absolute atomic E-state index is 0.0494. The predicted octanol–water partition coefficient (Wildman–Crippen LogP) is 4.50. The molecule has 7 nitrogen and oxygen atoms in total. The van der Waals surface area contributed by atoms with Crippen LogP contribution in [0.25, 0.3) is 0 Å². The fourth-order valence-corrected chi connectivity index (χ4v) is 4.02. The smallest absolute Gasteiger partial charge is 0.255 e. The number of methoxy groups -OCH3 is 1. The van der Waals surface area contributed by atoms with Crippen molar-refractivity contribution >= 4 is 34.8 Å². The number of nitrogens with zero attached hydrogens (tertiary/aromatic N) is 1. The number of rotatable bonds is 7.